The molecule has 170 valence electrons. The van der Waals surface area contributed by atoms with E-state index in [0.29, 0.717) is 17.8 Å². The maximum atomic E-state index is 13.6. The number of nitrogens with one attached hydrogen (secondary N) is 1. The van der Waals surface area contributed by atoms with Crippen molar-refractivity contribution in [3.05, 3.63) is 106 Å². The molecular formula is C27H22FN3O2S. The molecule has 0 radical (unpaired) electrons. The number of anilines is 2. The predicted octanol–water partition coefficient (Wildman–Crippen LogP) is 5.51. The second kappa shape index (κ2) is 9.94. The number of amides is 2. The van der Waals surface area contributed by atoms with Crippen molar-refractivity contribution < 1.29 is 14.0 Å². The highest BCUT2D eigenvalue weighted by Gasteiger charge is 2.40. The third-order valence-electron chi connectivity index (χ3n) is 5.40. The normalized spacial score (nSPS) is 16.8. The number of aryl methyl sites for hydroxylation is 2. The molecule has 1 heterocycles. The third-order valence-corrected chi connectivity index (χ3v) is 6.67. The van der Waals surface area contributed by atoms with E-state index in [4.69, 9.17) is 0 Å². The van der Waals surface area contributed by atoms with Gasteiger partial charge in [-0.3, -0.25) is 14.5 Å². The molecule has 3 aromatic rings. The molecule has 2 amide bonds. The molecule has 0 spiro atoms. The van der Waals surface area contributed by atoms with Crippen LogP contribution in [-0.4, -0.2) is 17.1 Å². The minimum absolute atomic E-state index is 0.171. The molecule has 34 heavy (non-hydrogen) atoms. The van der Waals surface area contributed by atoms with Crippen LogP contribution in [-0.2, 0) is 16.0 Å². The lowest BCUT2D eigenvalue weighted by Crippen LogP contribution is -2.31. The molecule has 0 aromatic heterocycles. The zero-order chi connectivity index (χ0) is 24.2. The quantitative estimate of drug-likeness (QED) is 0.394. The van der Waals surface area contributed by atoms with Crippen LogP contribution in [0.3, 0.4) is 0 Å². The Labute approximate surface area is 201 Å². The van der Waals surface area contributed by atoms with E-state index in [9.17, 15) is 19.2 Å². The number of nitriles is 1. The highest BCUT2D eigenvalue weighted by atomic mass is 32.2. The number of halogens is 1. The Kier molecular flexibility index (Phi) is 6.80. The number of hydrogen-bond acceptors (Lipinski definition) is 4. The van der Waals surface area contributed by atoms with Crippen molar-refractivity contribution in [1.82, 2.24) is 0 Å². The number of carbonyl (C=O) groups is 2. The lowest BCUT2D eigenvalue weighted by atomic mass is 10.1. The summed E-state index contributed by atoms with van der Waals surface area (Å²) >= 11 is 1.18. The van der Waals surface area contributed by atoms with E-state index in [1.54, 1.807) is 12.1 Å². The average molecular weight is 472 g/mol. The van der Waals surface area contributed by atoms with E-state index in [-0.39, 0.29) is 16.5 Å². The largest absolute Gasteiger partial charge is 0.321 e. The Balaban J connectivity index is 1.72. The summed E-state index contributed by atoms with van der Waals surface area (Å²) in [6.45, 7) is 3.91. The highest BCUT2D eigenvalue weighted by molar-refractivity contribution is 8.05. The van der Waals surface area contributed by atoms with Gasteiger partial charge in [0.25, 0.3) is 5.91 Å². The number of benzene rings is 3. The Bertz CT molecular complexity index is 1310. The van der Waals surface area contributed by atoms with Crippen LogP contribution in [0, 0.1) is 31.0 Å². The zero-order valence-electron chi connectivity index (χ0n) is 18.7. The second-order valence-electron chi connectivity index (χ2n) is 8.06. The number of hydrogen-bond donors (Lipinski definition) is 1. The van der Waals surface area contributed by atoms with Gasteiger partial charge in [0.2, 0.25) is 5.91 Å². The Morgan fingerprint density at radius 3 is 2.41 bits per heavy atom. The van der Waals surface area contributed by atoms with Crippen LogP contribution in [0.25, 0.3) is 0 Å². The summed E-state index contributed by atoms with van der Waals surface area (Å²) in [5.74, 6) is -1.31. The minimum Gasteiger partial charge on any atom is -0.321 e. The van der Waals surface area contributed by atoms with Crippen molar-refractivity contribution in [1.29, 1.82) is 5.26 Å². The fourth-order valence-corrected chi connectivity index (χ4v) is 5.00. The van der Waals surface area contributed by atoms with Gasteiger partial charge in [0.1, 0.15) is 22.5 Å². The van der Waals surface area contributed by atoms with Crippen molar-refractivity contribution >= 4 is 35.0 Å². The number of nitrogens with zero attached hydrogens (tertiary/aromatic N) is 2. The predicted molar refractivity (Wildman–Crippen MR) is 133 cm³/mol. The van der Waals surface area contributed by atoms with Crippen LogP contribution in [0.5, 0.6) is 0 Å². The Morgan fingerprint density at radius 1 is 1.06 bits per heavy atom. The van der Waals surface area contributed by atoms with Crippen molar-refractivity contribution in [2.24, 2.45) is 0 Å². The SMILES string of the molecule is Cc1ccc(NC(=O)/C(C#N)=C2\S[C@H](Cc3cccc(C)c3)C(=O)N2c2ccc(F)cc2)cc1. The smallest absolute Gasteiger partial charge is 0.269 e. The maximum absolute atomic E-state index is 13.6. The van der Waals surface area contributed by atoms with Crippen molar-refractivity contribution in [2.75, 3.05) is 10.2 Å². The summed E-state index contributed by atoms with van der Waals surface area (Å²) in [5, 5.41) is 12.3. The summed E-state index contributed by atoms with van der Waals surface area (Å²) in [6, 6.07) is 22.5. The molecule has 1 atom stereocenters. The molecule has 1 N–H and O–H groups in total. The van der Waals surface area contributed by atoms with Crippen LogP contribution < -0.4 is 10.2 Å². The van der Waals surface area contributed by atoms with Gasteiger partial charge in [0.15, 0.2) is 0 Å². The van der Waals surface area contributed by atoms with Crippen LogP contribution >= 0.6 is 11.8 Å². The van der Waals surface area contributed by atoms with E-state index in [1.165, 1.54) is 40.9 Å². The van der Waals surface area contributed by atoms with Crippen LogP contribution in [0.2, 0.25) is 0 Å². The van der Waals surface area contributed by atoms with Crippen molar-refractivity contribution in [3.8, 4) is 6.07 Å². The molecule has 1 fully saturated rings. The first-order valence-corrected chi connectivity index (χ1v) is 11.6. The summed E-state index contributed by atoms with van der Waals surface area (Å²) < 4.78 is 13.6. The molecule has 1 aliphatic rings. The first-order valence-electron chi connectivity index (χ1n) is 10.7. The van der Waals surface area contributed by atoms with Gasteiger partial charge in [0.05, 0.1) is 5.25 Å². The van der Waals surface area contributed by atoms with Crippen molar-refractivity contribution in [3.63, 3.8) is 0 Å². The van der Waals surface area contributed by atoms with Crippen molar-refractivity contribution in [2.45, 2.75) is 25.5 Å². The van der Waals surface area contributed by atoms with Crippen LogP contribution in [0.4, 0.5) is 15.8 Å². The summed E-state index contributed by atoms with van der Waals surface area (Å²) in [5.41, 5.74) is 3.87. The van der Waals surface area contributed by atoms with E-state index >= 15 is 0 Å². The number of rotatable bonds is 5. The molecular weight excluding hydrogens is 449 g/mol. The number of thioether (sulfide) groups is 1. The third kappa shape index (κ3) is 5.03. The van der Waals surface area contributed by atoms with Crippen LogP contribution in [0.1, 0.15) is 16.7 Å². The van der Waals surface area contributed by atoms with Gasteiger partial charge in [-0.1, -0.05) is 59.3 Å². The fraction of sp³-hybridized carbons (Fsp3) is 0.148. The van der Waals surface area contributed by atoms with E-state index in [2.05, 4.69) is 5.32 Å². The lowest BCUT2D eigenvalue weighted by Gasteiger charge is -2.18. The standard InChI is InChI=1S/C27H22FN3O2S/c1-17-6-10-21(11-7-17)30-25(32)23(16-29)27-31(22-12-8-20(28)9-13-22)26(33)24(34-27)15-19-5-3-4-18(2)14-19/h3-14,24H,15H2,1-2H3,(H,30,32)/b27-23-/t24-/m1/s1. The average Bonchev–Trinajstić information content (AvgIpc) is 3.12. The molecule has 0 bridgehead atoms. The fourth-order valence-electron chi connectivity index (χ4n) is 3.70. The molecule has 4 rings (SSSR count). The van der Waals surface area contributed by atoms with Gasteiger partial charge in [-0.15, -0.1) is 0 Å². The second-order valence-corrected chi connectivity index (χ2v) is 9.25. The van der Waals surface area contributed by atoms with Gasteiger partial charge in [-0.25, -0.2) is 4.39 Å². The Hall–Kier alpha value is -3.89. The van der Waals surface area contributed by atoms with Gasteiger partial charge < -0.3 is 5.32 Å². The highest BCUT2D eigenvalue weighted by Crippen LogP contribution is 2.42. The lowest BCUT2D eigenvalue weighted by molar-refractivity contribution is -0.117. The molecule has 0 aliphatic carbocycles. The molecule has 0 saturated carbocycles. The van der Waals surface area contributed by atoms with Gasteiger partial charge in [-0.2, -0.15) is 5.26 Å². The molecule has 0 unspecified atom stereocenters. The summed E-state index contributed by atoms with van der Waals surface area (Å²) in [4.78, 5) is 27.9. The maximum Gasteiger partial charge on any atom is 0.269 e. The first kappa shape index (κ1) is 23.3. The Morgan fingerprint density at radius 2 is 1.76 bits per heavy atom. The van der Waals surface area contributed by atoms with E-state index in [0.717, 1.165) is 16.7 Å². The van der Waals surface area contributed by atoms with E-state index < -0.39 is 17.0 Å². The minimum atomic E-state index is -0.607. The molecule has 3 aromatic carbocycles. The van der Waals surface area contributed by atoms with Gasteiger partial charge in [0, 0.05) is 11.4 Å². The van der Waals surface area contributed by atoms with Gasteiger partial charge >= 0.3 is 0 Å². The summed E-state index contributed by atoms with van der Waals surface area (Å²) in [6.07, 6.45) is 0.435. The van der Waals surface area contributed by atoms with Crippen LogP contribution in [0.15, 0.2) is 83.4 Å². The molecule has 7 heteroatoms. The van der Waals surface area contributed by atoms with E-state index in [1.807, 2.05) is 56.3 Å². The molecule has 1 aliphatic heterocycles. The zero-order valence-corrected chi connectivity index (χ0v) is 19.5. The van der Waals surface area contributed by atoms with Gasteiger partial charge in [-0.05, 0) is 62.2 Å². The molecule has 5 nitrogen and oxygen atoms in total. The topological polar surface area (TPSA) is 73.2 Å². The summed E-state index contributed by atoms with van der Waals surface area (Å²) in [7, 11) is 0. The number of carbonyl (C=O) groups excluding carboxylic acids is 2. The monoisotopic (exact) mass is 471 g/mol. The first-order chi connectivity index (χ1) is 16.4. The molecule has 1 saturated heterocycles.